The molecule has 4 nitrogen and oxygen atoms in total. The van der Waals surface area contributed by atoms with Gasteiger partial charge in [-0.25, -0.2) is 0 Å². The number of aromatic amines is 1. The number of pyridine rings is 1. The smallest absolute Gasteiger partial charge is 0.194 e. The van der Waals surface area contributed by atoms with Gasteiger partial charge in [0, 0.05) is 41.8 Å². The molecular formula is C20H26N2O2. The molecule has 2 rings (SSSR count). The first-order chi connectivity index (χ1) is 11.6. The number of nitrogens with zero attached hydrogens (tertiary/aromatic N) is 1. The first-order valence-electron chi connectivity index (χ1n) is 8.33. The number of benzene rings is 1. The second kappa shape index (κ2) is 8.50. The summed E-state index contributed by atoms with van der Waals surface area (Å²) in [5.74, 6) is 0.735. The van der Waals surface area contributed by atoms with Crippen molar-refractivity contribution in [1.82, 2.24) is 9.88 Å². The average molecular weight is 326 g/mol. The van der Waals surface area contributed by atoms with Crippen molar-refractivity contribution in [3.8, 4) is 5.75 Å². The third-order valence-corrected chi connectivity index (χ3v) is 3.91. The van der Waals surface area contributed by atoms with E-state index in [9.17, 15) is 4.79 Å². The Morgan fingerprint density at radius 3 is 2.58 bits per heavy atom. The predicted octanol–water partition coefficient (Wildman–Crippen LogP) is 3.80. The molecule has 0 unspecified atom stereocenters. The molecule has 4 heteroatoms. The highest BCUT2D eigenvalue weighted by Gasteiger charge is 2.13. The third-order valence-electron chi connectivity index (χ3n) is 3.91. The van der Waals surface area contributed by atoms with Crippen molar-refractivity contribution in [2.24, 2.45) is 0 Å². The van der Waals surface area contributed by atoms with Gasteiger partial charge in [0.05, 0.1) is 6.61 Å². The Kier molecular flexibility index (Phi) is 6.38. The number of nitrogens with one attached hydrogen (secondary N) is 1. The largest absolute Gasteiger partial charge is 0.494 e. The van der Waals surface area contributed by atoms with Crippen molar-refractivity contribution in [3.63, 3.8) is 0 Å². The Bertz CT molecular complexity index is 767. The maximum absolute atomic E-state index is 13.0. The predicted molar refractivity (Wildman–Crippen MR) is 101 cm³/mol. The van der Waals surface area contributed by atoms with E-state index in [0.717, 1.165) is 28.9 Å². The van der Waals surface area contributed by atoms with Crippen LogP contribution < -0.4 is 10.2 Å². The van der Waals surface area contributed by atoms with Crippen molar-refractivity contribution < 1.29 is 4.74 Å². The first-order valence-corrected chi connectivity index (χ1v) is 8.33. The van der Waals surface area contributed by atoms with E-state index in [2.05, 4.69) is 30.0 Å². The van der Waals surface area contributed by atoms with Gasteiger partial charge in [0.1, 0.15) is 5.75 Å². The van der Waals surface area contributed by atoms with Gasteiger partial charge in [-0.3, -0.25) is 9.69 Å². The minimum atomic E-state index is 0.0568. The Balaban J connectivity index is 2.43. The lowest BCUT2D eigenvalue weighted by atomic mass is 10.1. The van der Waals surface area contributed by atoms with Crippen LogP contribution in [0.15, 0.2) is 48.3 Å². The normalized spacial score (nSPS) is 11.0. The molecule has 0 aliphatic heterocycles. The minimum absolute atomic E-state index is 0.0568. The molecule has 0 bridgehead atoms. The molecule has 0 amide bonds. The summed E-state index contributed by atoms with van der Waals surface area (Å²) in [6, 6.07) is 5.64. The van der Waals surface area contributed by atoms with Crippen LogP contribution in [-0.4, -0.2) is 29.6 Å². The van der Waals surface area contributed by atoms with Crippen LogP contribution in [0.25, 0.3) is 10.9 Å². The van der Waals surface area contributed by atoms with Crippen LogP contribution in [0, 0.1) is 6.92 Å². The zero-order valence-electron chi connectivity index (χ0n) is 14.6. The standard InChI is InChI=1S/C20H26N2O2/c1-5-10-22(11-6-2)14-18-15(4)21-19-9-8-16(24-12-7-3)13-17(19)20(18)23/h5-6,8-9,13H,1-2,7,10-12,14H2,3-4H3,(H,21,23). The second-order valence-electron chi connectivity index (χ2n) is 5.88. The summed E-state index contributed by atoms with van der Waals surface area (Å²) in [4.78, 5) is 18.4. The highest BCUT2D eigenvalue weighted by Crippen LogP contribution is 2.19. The Hall–Kier alpha value is -2.33. The third kappa shape index (κ3) is 4.15. The molecule has 0 atom stereocenters. The van der Waals surface area contributed by atoms with Crippen molar-refractivity contribution in [3.05, 3.63) is 65.0 Å². The zero-order valence-corrected chi connectivity index (χ0v) is 14.6. The van der Waals surface area contributed by atoms with Crippen LogP contribution in [0.2, 0.25) is 0 Å². The van der Waals surface area contributed by atoms with Gasteiger partial charge in [-0.2, -0.15) is 0 Å². The highest BCUT2D eigenvalue weighted by molar-refractivity contribution is 5.81. The van der Waals surface area contributed by atoms with Gasteiger partial charge < -0.3 is 9.72 Å². The quantitative estimate of drug-likeness (QED) is 0.713. The van der Waals surface area contributed by atoms with Gasteiger partial charge >= 0.3 is 0 Å². The fourth-order valence-corrected chi connectivity index (χ4v) is 2.72. The molecule has 2 aromatic rings. The van der Waals surface area contributed by atoms with Crippen LogP contribution >= 0.6 is 0 Å². The van der Waals surface area contributed by atoms with Crippen LogP contribution in [0.1, 0.15) is 24.6 Å². The maximum atomic E-state index is 13.0. The zero-order chi connectivity index (χ0) is 17.5. The van der Waals surface area contributed by atoms with Crippen molar-refractivity contribution in [1.29, 1.82) is 0 Å². The van der Waals surface area contributed by atoms with E-state index in [1.165, 1.54) is 0 Å². The number of fused-ring (bicyclic) bond motifs is 1. The van der Waals surface area contributed by atoms with Crippen LogP contribution in [0.4, 0.5) is 0 Å². The van der Waals surface area contributed by atoms with Gasteiger partial charge in [-0.15, -0.1) is 13.2 Å². The fourth-order valence-electron chi connectivity index (χ4n) is 2.72. The molecule has 0 spiro atoms. The molecule has 0 fully saturated rings. The Labute approximate surface area is 143 Å². The molecule has 1 aromatic heterocycles. The molecule has 128 valence electrons. The molecule has 0 saturated heterocycles. The van der Waals surface area contributed by atoms with Gasteiger partial charge in [0.25, 0.3) is 0 Å². The van der Waals surface area contributed by atoms with Crippen LogP contribution in [0.5, 0.6) is 5.75 Å². The molecule has 1 heterocycles. The van der Waals surface area contributed by atoms with Crippen LogP contribution in [-0.2, 0) is 6.54 Å². The van der Waals surface area contributed by atoms with E-state index < -0.39 is 0 Å². The number of ether oxygens (including phenoxy) is 1. The molecule has 24 heavy (non-hydrogen) atoms. The van der Waals surface area contributed by atoms with E-state index in [1.807, 2.05) is 37.3 Å². The molecular weight excluding hydrogens is 300 g/mol. The topological polar surface area (TPSA) is 45.3 Å². The first kappa shape index (κ1) is 18.0. The molecule has 1 N–H and O–H groups in total. The summed E-state index contributed by atoms with van der Waals surface area (Å²) in [5.41, 5.74) is 2.57. The second-order valence-corrected chi connectivity index (χ2v) is 5.88. The van der Waals surface area contributed by atoms with Crippen molar-refractivity contribution >= 4 is 10.9 Å². The van der Waals surface area contributed by atoms with E-state index in [1.54, 1.807) is 0 Å². The van der Waals surface area contributed by atoms with E-state index >= 15 is 0 Å². The maximum Gasteiger partial charge on any atom is 0.194 e. The number of hydrogen-bond acceptors (Lipinski definition) is 3. The fraction of sp³-hybridized carbons (Fsp3) is 0.350. The molecule has 0 saturated carbocycles. The lowest BCUT2D eigenvalue weighted by Crippen LogP contribution is -2.27. The highest BCUT2D eigenvalue weighted by atomic mass is 16.5. The molecule has 0 radical (unpaired) electrons. The molecule has 0 aliphatic rings. The summed E-state index contributed by atoms with van der Waals surface area (Å²) in [6.45, 7) is 14.2. The molecule has 0 aliphatic carbocycles. The summed E-state index contributed by atoms with van der Waals surface area (Å²) in [7, 11) is 0. The van der Waals surface area contributed by atoms with E-state index in [-0.39, 0.29) is 5.43 Å². The van der Waals surface area contributed by atoms with E-state index in [4.69, 9.17) is 4.74 Å². The van der Waals surface area contributed by atoms with Crippen molar-refractivity contribution in [2.75, 3.05) is 19.7 Å². The summed E-state index contributed by atoms with van der Waals surface area (Å²) < 4.78 is 5.66. The number of aryl methyl sites for hydroxylation is 1. The number of aromatic nitrogens is 1. The number of hydrogen-bond donors (Lipinski definition) is 1. The minimum Gasteiger partial charge on any atom is -0.494 e. The summed E-state index contributed by atoms with van der Waals surface area (Å²) in [6.07, 6.45) is 4.61. The SMILES string of the molecule is C=CCN(CC=C)Cc1c(C)[nH]c2ccc(OCCC)cc2c1=O. The Morgan fingerprint density at radius 1 is 1.25 bits per heavy atom. The number of rotatable bonds is 9. The molecule has 1 aromatic carbocycles. The summed E-state index contributed by atoms with van der Waals surface area (Å²) in [5, 5.41) is 0.668. The lowest BCUT2D eigenvalue weighted by molar-refractivity contribution is 0.318. The summed E-state index contributed by atoms with van der Waals surface area (Å²) >= 11 is 0. The average Bonchev–Trinajstić information content (AvgIpc) is 2.57. The lowest BCUT2D eigenvalue weighted by Gasteiger charge is -2.20. The monoisotopic (exact) mass is 326 g/mol. The van der Waals surface area contributed by atoms with Crippen LogP contribution in [0.3, 0.4) is 0 Å². The van der Waals surface area contributed by atoms with Gasteiger partial charge in [-0.1, -0.05) is 19.1 Å². The van der Waals surface area contributed by atoms with Gasteiger partial charge in [-0.05, 0) is 31.5 Å². The van der Waals surface area contributed by atoms with Gasteiger partial charge in [0.15, 0.2) is 5.43 Å². The van der Waals surface area contributed by atoms with Gasteiger partial charge in [0.2, 0.25) is 0 Å². The number of H-pyrrole nitrogens is 1. The van der Waals surface area contributed by atoms with Crippen molar-refractivity contribution in [2.45, 2.75) is 26.8 Å². The van der Waals surface area contributed by atoms with E-state index in [0.29, 0.717) is 31.6 Å². The Morgan fingerprint density at radius 2 is 1.96 bits per heavy atom.